The smallest absolute Gasteiger partial charge is 0.272 e. The molecule has 6 nitrogen and oxygen atoms in total. The SMILES string of the molecule is O=C(Nc1cc(Sc2nc3ccccc3s2)cc([N+](=O)[O-])c1)c1ccc(Br)cc1. The Hall–Kier alpha value is -2.75. The number of nitrogens with one attached hydrogen (secondary N) is 1. The second-order valence-electron chi connectivity index (χ2n) is 5.98. The molecule has 4 rings (SSSR count). The van der Waals surface area contributed by atoms with Crippen LogP contribution in [0.5, 0.6) is 0 Å². The van der Waals surface area contributed by atoms with Crippen LogP contribution in [-0.4, -0.2) is 15.8 Å². The zero-order valence-electron chi connectivity index (χ0n) is 14.7. The maximum absolute atomic E-state index is 12.5. The van der Waals surface area contributed by atoms with Crippen molar-refractivity contribution in [3.8, 4) is 0 Å². The highest BCUT2D eigenvalue weighted by atomic mass is 79.9. The fraction of sp³-hybridized carbons (Fsp3) is 0. The summed E-state index contributed by atoms with van der Waals surface area (Å²) in [5, 5.41) is 14.1. The van der Waals surface area contributed by atoms with E-state index in [0.29, 0.717) is 16.1 Å². The van der Waals surface area contributed by atoms with Crippen LogP contribution >= 0.6 is 39.0 Å². The Morgan fingerprint density at radius 1 is 1.10 bits per heavy atom. The molecule has 0 bridgehead atoms. The lowest BCUT2D eigenvalue weighted by Crippen LogP contribution is -2.12. The lowest BCUT2D eigenvalue weighted by Gasteiger charge is -2.07. The molecule has 1 aromatic heterocycles. The summed E-state index contributed by atoms with van der Waals surface area (Å²) in [7, 11) is 0. The number of nitro benzene ring substituents is 1. The highest BCUT2D eigenvalue weighted by molar-refractivity contribution is 9.10. The molecule has 0 unspecified atom stereocenters. The highest BCUT2D eigenvalue weighted by Gasteiger charge is 2.15. The van der Waals surface area contributed by atoms with Crippen molar-refractivity contribution in [1.29, 1.82) is 0 Å². The zero-order valence-corrected chi connectivity index (χ0v) is 17.9. The fourth-order valence-electron chi connectivity index (χ4n) is 2.62. The van der Waals surface area contributed by atoms with E-state index in [9.17, 15) is 14.9 Å². The number of benzene rings is 3. The van der Waals surface area contributed by atoms with Crippen molar-refractivity contribution in [2.75, 3.05) is 5.32 Å². The average molecular weight is 486 g/mol. The predicted molar refractivity (Wildman–Crippen MR) is 119 cm³/mol. The van der Waals surface area contributed by atoms with E-state index in [1.54, 1.807) is 30.3 Å². The van der Waals surface area contributed by atoms with Gasteiger partial charge in [-0.2, -0.15) is 0 Å². The molecule has 0 spiro atoms. The number of aromatic nitrogens is 1. The van der Waals surface area contributed by atoms with Crippen molar-refractivity contribution in [3.63, 3.8) is 0 Å². The molecule has 1 heterocycles. The summed E-state index contributed by atoms with van der Waals surface area (Å²) in [6.45, 7) is 0. The first-order chi connectivity index (χ1) is 14.0. The molecule has 0 aliphatic carbocycles. The van der Waals surface area contributed by atoms with Crippen LogP contribution in [0.25, 0.3) is 10.2 Å². The molecule has 0 aliphatic rings. The minimum atomic E-state index is -0.475. The number of halogens is 1. The van der Waals surface area contributed by atoms with Crippen LogP contribution in [0.2, 0.25) is 0 Å². The summed E-state index contributed by atoms with van der Waals surface area (Å²) in [5.74, 6) is -0.339. The first-order valence-corrected chi connectivity index (χ1v) is 10.8. The van der Waals surface area contributed by atoms with E-state index in [1.807, 2.05) is 24.3 Å². The molecule has 1 amide bonds. The van der Waals surface area contributed by atoms with Gasteiger partial charge in [0.1, 0.15) is 0 Å². The number of para-hydroxylation sites is 1. The van der Waals surface area contributed by atoms with Gasteiger partial charge in [-0.3, -0.25) is 14.9 Å². The highest BCUT2D eigenvalue weighted by Crippen LogP contribution is 2.37. The molecule has 0 fully saturated rings. The zero-order chi connectivity index (χ0) is 20.4. The van der Waals surface area contributed by atoms with Crippen molar-refractivity contribution in [2.24, 2.45) is 0 Å². The van der Waals surface area contributed by atoms with E-state index in [4.69, 9.17) is 0 Å². The normalized spacial score (nSPS) is 10.8. The number of thiazole rings is 1. The van der Waals surface area contributed by atoms with Crippen LogP contribution in [0.15, 0.2) is 80.4 Å². The van der Waals surface area contributed by atoms with Crippen LogP contribution in [0.1, 0.15) is 10.4 Å². The molecule has 144 valence electrons. The number of fused-ring (bicyclic) bond motifs is 1. The van der Waals surface area contributed by atoms with E-state index in [2.05, 4.69) is 26.2 Å². The number of non-ortho nitro benzene ring substituents is 1. The van der Waals surface area contributed by atoms with E-state index < -0.39 is 4.92 Å². The standard InChI is InChI=1S/C20H12BrN3O3S2/c21-13-7-5-12(6-8-13)19(25)22-14-9-15(24(26)27)11-16(10-14)28-20-23-17-3-1-2-4-18(17)29-20/h1-11H,(H,22,25). The van der Waals surface area contributed by atoms with Crippen molar-refractivity contribution >= 4 is 66.5 Å². The summed E-state index contributed by atoms with van der Waals surface area (Å²) in [6, 6.07) is 19.2. The monoisotopic (exact) mass is 485 g/mol. The molecular formula is C20H12BrN3O3S2. The average Bonchev–Trinajstić information content (AvgIpc) is 3.10. The maximum atomic E-state index is 12.5. The molecule has 0 saturated heterocycles. The van der Waals surface area contributed by atoms with E-state index in [1.165, 1.54) is 35.2 Å². The van der Waals surface area contributed by atoms with Gasteiger partial charge in [-0.1, -0.05) is 39.8 Å². The van der Waals surface area contributed by atoms with Crippen LogP contribution < -0.4 is 5.32 Å². The Balaban J connectivity index is 1.62. The van der Waals surface area contributed by atoms with Gasteiger partial charge in [-0.25, -0.2) is 4.98 Å². The predicted octanol–water partition coefficient (Wildman–Crippen LogP) is 6.37. The molecule has 4 aromatic rings. The largest absolute Gasteiger partial charge is 0.322 e. The van der Waals surface area contributed by atoms with Gasteiger partial charge < -0.3 is 5.32 Å². The maximum Gasteiger partial charge on any atom is 0.272 e. The quantitative estimate of drug-likeness (QED) is 0.262. The first-order valence-electron chi connectivity index (χ1n) is 8.38. The van der Waals surface area contributed by atoms with Gasteiger partial charge in [0.15, 0.2) is 4.34 Å². The van der Waals surface area contributed by atoms with E-state index >= 15 is 0 Å². The topological polar surface area (TPSA) is 85.1 Å². The molecule has 0 radical (unpaired) electrons. The van der Waals surface area contributed by atoms with Gasteiger partial charge in [0.2, 0.25) is 0 Å². The number of rotatable bonds is 5. The lowest BCUT2D eigenvalue weighted by molar-refractivity contribution is -0.385. The van der Waals surface area contributed by atoms with Crippen molar-refractivity contribution < 1.29 is 9.72 Å². The third-order valence-electron chi connectivity index (χ3n) is 3.95. The number of hydrogen-bond donors (Lipinski definition) is 1. The summed E-state index contributed by atoms with van der Waals surface area (Å²) >= 11 is 6.17. The Bertz CT molecular complexity index is 1190. The summed E-state index contributed by atoms with van der Waals surface area (Å²) in [6.07, 6.45) is 0. The molecule has 0 aliphatic heterocycles. The lowest BCUT2D eigenvalue weighted by atomic mass is 10.2. The van der Waals surface area contributed by atoms with Gasteiger partial charge in [-0.15, -0.1) is 11.3 Å². The van der Waals surface area contributed by atoms with E-state index in [-0.39, 0.29) is 11.6 Å². The van der Waals surface area contributed by atoms with E-state index in [0.717, 1.165) is 19.0 Å². The summed E-state index contributed by atoms with van der Waals surface area (Å²) < 4.78 is 2.68. The summed E-state index contributed by atoms with van der Waals surface area (Å²) in [4.78, 5) is 28.5. The number of nitro groups is 1. The van der Waals surface area contributed by atoms with Crippen LogP contribution in [0, 0.1) is 10.1 Å². The minimum absolute atomic E-state index is 0.0952. The number of anilines is 1. The van der Waals surface area contributed by atoms with Crippen molar-refractivity contribution in [1.82, 2.24) is 4.98 Å². The van der Waals surface area contributed by atoms with Crippen molar-refractivity contribution in [2.45, 2.75) is 9.24 Å². The van der Waals surface area contributed by atoms with Gasteiger partial charge in [0.05, 0.1) is 15.1 Å². The second-order valence-corrected chi connectivity index (χ2v) is 9.25. The Morgan fingerprint density at radius 2 is 1.86 bits per heavy atom. The molecule has 0 saturated carbocycles. The van der Waals surface area contributed by atoms with Gasteiger partial charge in [0.25, 0.3) is 11.6 Å². The third kappa shape index (κ3) is 4.64. The van der Waals surface area contributed by atoms with Gasteiger partial charge in [0, 0.05) is 32.8 Å². The molecule has 0 atom stereocenters. The Kier molecular flexibility index (Phi) is 5.61. The van der Waals surface area contributed by atoms with Gasteiger partial charge >= 0.3 is 0 Å². The second kappa shape index (κ2) is 8.32. The Labute approximate surface area is 182 Å². The molecule has 29 heavy (non-hydrogen) atoms. The third-order valence-corrected chi connectivity index (χ3v) is 6.54. The first kappa shape index (κ1) is 19.6. The van der Waals surface area contributed by atoms with Crippen LogP contribution in [0.4, 0.5) is 11.4 Å². The summed E-state index contributed by atoms with van der Waals surface area (Å²) in [5.41, 5.74) is 1.60. The van der Waals surface area contributed by atoms with Crippen LogP contribution in [0.3, 0.4) is 0 Å². The number of amides is 1. The van der Waals surface area contributed by atoms with Gasteiger partial charge in [-0.05, 0) is 42.5 Å². The number of nitrogens with zero attached hydrogens (tertiary/aromatic N) is 2. The Morgan fingerprint density at radius 3 is 2.59 bits per heavy atom. The number of carbonyl (C=O) groups is 1. The fourth-order valence-corrected chi connectivity index (χ4v) is 5.02. The number of carbonyl (C=O) groups excluding carboxylic acids is 1. The molecule has 3 aromatic carbocycles. The molecular weight excluding hydrogens is 474 g/mol. The molecule has 1 N–H and O–H groups in total. The minimum Gasteiger partial charge on any atom is -0.322 e. The molecule has 9 heteroatoms. The number of hydrogen-bond acceptors (Lipinski definition) is 6. The van der Waals surface area contributed by atoms with Crippen molar-refractivity contribution in [3.05, 3.63) is 86.9 Å². The van der Waals surface area contributed by atoms with Crippen LogP contribution in [-0.2, 0) is 0 Å².